The second kappa shape index (κ2) is 12.4. The van der Waals surface area contributed by atoms with Gasteiger partial charge in [-0.3, -0.25) is 0 Å². The lowest BCUT2D eigenvalue weighted by Crippen LogP contribution is -2.17. The second-order valence-corrected chi connectivity index (χ2v) is 17.9. The maximum absolute atomic E-state index is 2.52. The van der Waals surface area contributed by atoms with Gasteiger partial charge < -0.3 is 9.47 Å². The number of thiophene rings is 1. The highest BCUT2D eigenvalue weighted by atomic mass is 32.1. The number of hydrogen-bond acceptors (Lipinski definition) is 2. The van der Waals surface area contributed by atoms with Crippen LogP contribution in [-0.2, 0) is 5.41 Å². The van der Waals surface area contributed by atoms with Gasteiger partial charge in [-0.2, -0.15) is 0 Å². The Bertz CT molecular complexity index is 3760. The van der Waals surface area contributed by atoms with Crippen molar-refractivity contribution in [1.29, 1.82) is 0 Å². The van der Waals surface area contributed by atoms with E-state index in [2.05, 4.69) is 217 Å². The highest BCUT2D eigenvalue weighted by molar-refractivity contribution is 7.25. The molecule has 0 N–H and O–H groups in total. The molecule has 10 aromatic carbocycles. The van der Waals surface area contributed by atoms with Crippen molar-refractivity contribution in [1.82, 2.24) is 4.57 Å². The Hall–Kier alpha value is -7.20. The van der Waals surface area contributed by atoms with Crippen LogP contribution in [0.5, 0.6) is 0 Å². The molecule has 0 unspecified atom stereocenters. The topological polar surface area (TPSA) is 8.17 Å². The molecule has 0 aliphatic heterocycles. The molecule has 3 heteroatoms. The van der Waals surface area contributed by atoms with Crippen molar-refractivity contribution < 1.29 is 0 Å². The van der Waals surface area contributed by atoms with Crippen LogP contribution in [0.1, 0.15) is 25.0 Å². The summed E-state index contributed by atoms with van der Waals surface area (Å²) in [6.07, 6.45) is 0. The quantitative estimate of drug-likeness (QED) is 0.161. The molecule has 2 nitrogen and oxygen atoms in total. The highest BCUT2D eigenvalue weighted by Crippen LogP contribution is 2.53. The van der Waals surface area contributed by atoms with Gasteiger partial charge in [-0.15, -0.1) is 11.3 Å². The van der Waals surface area contributed by atoms with Crippen LogP contribution in [0.3, 0.4) is 0 Å². The van der Waals surface area contributed by atoms with Crippen molar-refractivity contribution in [3.8, 4) is 16.8 Å². The summed E-state index contributed by atoms with van der Waals surface area (Å²) in [5, 5.41) is 12.8. The summed E-state index contributed by atoms with van der Waals surface area (Å²) in [6, 6.07) is 72.4. The predicted octanol–water partition coefficient (Wildman–Crippen LogP) is 16.4. The second-order valence-electron chi connectivity index (χ2n) is 16.9. The largest absolute Gasteiger partial charge is 0.310 e. The van der Waals surface area contributed by atoms with Gasteiger partial charge in [0.2, 0.25) is 0 Å². The smallest absolute Gasteiger partial charge is 0.0625 e. The van der Waals surface area contributed by atoms with E-state index in [1.807, 2.05) is 11.3 Å². The zero-order valence-electron chi connectivity index (χ0n) is 33.3. The van der Waals surface area contributed by atoms with E-state index in [9.17, 15) is 0 Å². The Balaban J connectivity index is 1.01. The highest BCUT2D eigenvalue weighted by Gasteiger charge is 2.37. The molecule has 13 rings (SSSR count). The zero-order chi connectivity index (χ0) is 39.7. The number of para-hydroxylation sites is 1. The summed E-state index contributed by atoms with van der Waals surface area (Å²) in [5.74, 6) is 0. The number of anilines is 3. The third kappa shape index (κ3) is 4.64. The lowest BCUT2D eigenvalue weighted by molar-refractivity contribution is 0.660. The van der Waals surface area contributed by atoms with Crippen LogP contribution in [0.4, 0.5) is 17.1 Å². The Morgan fingerprint density at radius 1 is 0.433 bits per heavy atom. The van der Waals surface area contributed by atoms with E-state index >= 15 is 0 Å². The van der Waals surface area contributed by atoms with Crippen molar-refractivity contribution in [2.24, 2.45) is 0 Å². The first-order valence-electron chi connectivity index (χ1n) is 20.8. The maximum Gasteiger partial charge on any atom is 0.0625 e. The molecule has 0 amide bonds. The summed E-state index contributed by atoms with van der Waals surface area (Å²) in [7, 11) is 0. The minimum atomic E-state index is -0.248. The van der Waals surface area contributed by atoms with E-state index in [-0.39, 0.29) is 5.41 Å². The molecule has 2 aromatic heterocycles. The first kappa shape index (κ1) is 33.7. The summed E-state index contributed by atoms with van der Waals surface area (Å²) >= 11 is 1.87. The molecule has 0 atom stereocenters. The van der Waals surface area contributed by atoms with Crippen molar-refractivity contribution in [2.75, 3.05) is 4.90 Å². The van der Waals surface area contributed by atoms with Gasteiger partial charge in [0.1, 0.15) is 0 Å². The van der Waals surface area contributed by atoms with Gasteiger partial charge in [-0.25, -0.2) is 0 Å². The number of aromatic nitrogens is 1. The number of benzene rings is 10. The molecular weight excluding hydrogens is 745 g/mol. The monoisotopic (exact) mass is 782 g/mol. The third-order valence-electron chi connectivity index (χ3n) is 13.3. The molecule has 0 radical (unpaired) electrons. The van der Waals surface area contributed by atoms with Crippen LogP contribution in [0.2, 0.25) is 0 Å². The molecule has 12 aromatic rings. The van der Waals surface area contributed by atoms with Crippen molar-refractivity contribution in [3.05, 3.63) is 205 Å². The molecular formula is C57H38N2S. The average Bonchev–Trinajstić information content (AvgIpc) is 3.92. The van der Waals surface area contributed by atoms with Crippen LogP contribution in [-0.4, -0.2) is 4.57 Å². The Morgan fingerprint density at radius 3 is 1.85 bits per heavy atom. The molecule has 0 saturated carbocycles. The molecule has 1 aliphatic carbocycles. The van der Waals surface area contributed by atoms with Gasteiger partial charge in [0, 0.05) is 64.2 Å². The van der Waals surface area contributed by atoms with E-state index in [0.29, 0.717) is 0 Å². The van der Waals surface area contributed by atoms with Crippen LogP contribution in [0.25, 0.3) is 91.1 Å². The molecule has 0 bridgehead atoms. The molecule has 60 heavy (non-hydrogen) atoms. The molecule has 282 valence electrons. The number of hydrogen-bond donors (Lipinski definition) is 0. The fraction of sp³-hybridized carbons (Fsp3) is 0.0526. The maximum atomic E-state index is 2.52. The average molecular weight is 783 g/mol. The molecule has 1 aliphatic rings. The predicted molar refractivity (Wildman–Crippen MR) is 258 cm³/mol. The van der Waals surface area contributed by atoms with Crippen molar-refractivity contribution in [3.63, 3.8) is 0 Å². The summed E-state index contributed by atoms with van der Waals surface area (Å²) < 4.78 is 5.15. The Labute approximate surface area is 351 Å². The lowest BCUT2D eigenvalue weighted by atomic mass is 9.82. The summed E-state index contributed by atoms with van der Waals surface area (Å²) in [4.78, 5) is 2.48. The van der Waals surface area contributed by atoms with Crippen molar-refractivity contribution >= 4 is 103 Å². The lowest BCUT2D eigenvalue weighted by Gasteiger charge is -2.29. The fourth-order valence-electron chi connectivity index (χ4n) is 10.6. The van der Waals surface area contributed by atoms with E-state index in [1.54, 1.807) is 0 Å². The first-order valence-corrected chi connectivity index (χ1v) is 21.7. The van der Waals surface area contributed by atoms with E-state index < -0.39 is 0 Å². The van der Waals surface area contributed by atoms with Gasteiger partial charge in [0.25, 0.3) is 0 Å². The van der Waals surface area contributed by atoms with Gasteiger partial charge in [0.05, 0.1) is 16.7 Å². The van der Waals surface area contributed by atoms with E-state index in [1.165, 1.54) is 108 Å². The molecule has 0 spiro atoms. The van der Waals surface area contributed by atoms with Crippen molar-refractivity contribution in [2.45, 2.75) is 19.3 Å². The zero-order valence-corrected chi connectivity index (χ0v) is 34.1. The summed E-state index contributed by atoms with van der Waals surface area (Å²) in [6.45, 7) is 4.82. The van der Waals surface area contributed by atoms with Crippen LogP contribution >= 0.6 is 11.3 Å². The minimum absolute atomic E-state index is 0.248. The van der Waals surface area contributed by atoms with E-state index in [0.717, 1.165) is 11.4 Å². The van der Waals surface area contributed by atoms with Gasteiger partial charge in [0.15, 0.2) is 0 Å². The van der Waals surface area contributed by atoms with Gasteiger partial charge in [-0.1, -0.05) is 147 Å². The van der Waals surface area contributed by atoms with Gasteiger partial charge in [-0.05, 0) is 104 Å². The molecule has 0 saturated heterocycles. The standard InChI is InChI=1S/C57H38N2S/c1-57(2)49-33-37(58(51-24-13-15-35-14-3-4-16-39(35)51)36-28-31-54-48(32-36)44-19-10-12-25-53(44)60-54)26-29-42(49)43-30-27-38(34-50(43)57)59-52-23-11-9-22-47(52)55-45-20-7-5-17-40(45)41-18-6-8-21-46(41)56(55)59/h3-34H,1-2H3. The minimum Gasteiger partial charge on any atom is -0.310 e. The Kier molecular flexibility index (Phi) is 6.98. The number of rotatable bonds is 4. The van der Waals surface area contributed by atoms with E-state index in [4.69, 9.17) is 0 Å². The third-order valence-corrected chi connectivity index (χ3v) is 14.5. The summed E-state index contributed by atoms with van der Waals surface area (Å²) in [5.41, 5.74) is 12.2. The Morgan fingerprint density at radius 2 is 1.02 bits per heavy atom. The first-order chi connectivity index (χ1) is 29.5. The van der Waals surface area contributed by atoms with Crippen LogP contribution < -0.4 is 4.90 Å². The SMILES string of the molecule is CC1(C)c2cc(N(c3ccc4sc5ccccc5c4c3)c3cccc4ccccc34)ccc2-c2ccc(-n3c4ccccc4c4c5ccccc5c5ccccc5c43)cc21. The van der Waals surface area contributed by atoms with Gasteiger partial charge >= 0.3 is 0 Å². The number of fused-ring (bicyclic) bond motifs is 15. The molecule has 2 heterocycles. The number of nitrogens with zero attached hydrogens (tertiary/aromatic N) is 2. The fourth-order valence-corrected chi connectivity index (χ4v) is 11.7. The van der Waals surface area contributed by atoms with Crippen LogP contribution in [0.15, 0.2) is 194 Å². The van der Waals surface area contributed by atoms with Crippen LogP contribution in [0, 0.1) is 0 Å². The molecule has 0 fully saturated rings. The normalized spacial score (nSPS) is 13.3.